The Balaban J connectivity index is 2.96. The van der Waals surface area contributed by atoms with Gasteiger partial charge >= 0.3 is 0 Å². The van der Waals surface area contributed by atoms with Crippen LogP contribution in [-0.4, -0.2) is 31.3 Å². The molecule has 24 heavy (non-hydrogen) atoms. The molecule has 6 nitrogen and oxygen atoms in total. The number of hydrogen-bond acceptors (Lipinski definition) is 9. The fourth-order valence-corrected chi connectivity index (χ4v) is 3.72. The highest BCUT2D eigenvalue weighted by atomic mass is 32.2. The second-order valence-corrected chi connectivity index (χ2v) is 7.94. The molecule has 0 aliphatic carbocycles. The van der Waals surface area contributed by atoms with Crippen molar-refractivity contribution in [2.24, 2.45) is 0 Å². The van der Waals surface area contributed by atoms with Crippen LogP contribution in [0.1, 0.15) is 20.8 Å². The third kappa shape index (κ3) is 7.98. The van der Waals surface area contributed by atoms with Crippen LogP contribution in [0.4, 0.5) is 0 Å². The zero-order valence-electron chi connectivity index (χ0n) is 13.9. The minimum Gasteiger partial charge on any atom is -0.488 e. The monoisotopic (exact) mass is 387 g/mol. The van der Waals surface area contributed by atoms with Gasteiger partial charge in [0.25, 0.3) is 0 Å². The van der Waals surface area contributed by atoms with E-state index in [1.165, 1.54) is 54.1 Å². The van der Waals surface area contributed by atoms with Crippen molar-refractivity contribution in [1.82, 2.24) is 15.0 Å². The maximum Gasteiger partial charge on any atom is 0.196 e. The molecule has 0 saturated carbocycles. The highest BCUT2D eigenvalue weighted by Gasteiger charge is 2.16. The Morgan fingerprint density at radius 1 is 0.667 bits per heavy atom. The standard InChI is InChI=1S/C15H21N3O3S3/c1-7-19-10(4)22-13-16-14(23-11(5)20-8-2)18-15(17-13)24-12(6)21-9-3/h7-12H,1-3H2,4-6H3. The summed E-state index contributed by atoms with van der Waals surface area (Å²) in [5.74, 6) is 0. The number of rotatable bonds is 12. The average molecular weight is 388 g/mol. The fourth-order valence-electron chi connectivity index (χ4n) is 1.41. The molecule has 0 aromatic carbocycles. The van der Waals surface area contributed by atoms with Crippen molar-refractivity contribution < 1.29 is 14.2 Å². The van der Waals surface area contributed by atoms with Gasteiger partial charge in [-0.15, -0.1) is 0 Å². The maximum absolute atomic E-state index is 5.30. The molecule has 1 aromatic rings. The lowest BCUT2D eigenvalue weighted by Gasteiger charge is -2.14. The topological polar surface area (TPSA) is 66.4 Å². The summed E-state index contributed by atoms with van der Waals surface area (Å²) in [6, 6.07) is 0. The highest BCUT2D eigenvalue weighted by molar-refractivity contribution is 8.00. The lowest BCUT2D eigenvalue weighted by Crippen LogP contribution is -2.07. The van der Waals surface area contributed by atoms with Crippen LogP contribution in [-0.2, 0) is 14.2 Å². The van der Waals surface area contributed by atoms with Gasteiger partial charge in [-0.3, -0.25) is 0 Å². The van der Waals surface area contributed by atoms with E-state index >= 15 is 0 Å². The Bertz CT molecular complexity index is 471. The van der Waals surface area contributed by atoms with E-state index in [4.69, 9.17) is 14.2 Å². The van der Waals surface area contributed by atoms with Crippen LogP contribution < -0.4 is 0 Å². The highest BCUT2D eigenvalue weighted by Crippen LogP contribution is 2.29. The van der Waals surface area contributed by atoms with Crippen LogP contribution in [0.2, 0.25) is 0 Å². The van der Waals surface area contributed by atoms with Crippen molar-refractivity contribution in [3.8, 4) is 0 Å². The fraction of sp³-hybridized carbons (Fsp3) is 0.400. The van der Waals surface area contributed by atoms with Crippen LogP contribution in [0.5, 0.6) is 0 Å². The summed E-state index contributed by atoms with van der Waals surface area (Å²) in [6.07, 6.45) is 4.18. The second-order valence-electron chi connectivity index (χ2n) is 4.15. The van der Waals surface area contributed by atoms with Gasteiger partial charge in [0, 0.05) is 0 Å². The SMILES string of the molecule is C=COC(C)Sc1nc(SC(C)OC=C)nc(SC(C)OC=C)n1. The number of hydrogen-bond donors (Lipinski definition) is 0. The first-order valence-electron chi connectivity index (χ1n) is 7.03. The van der Waals surface area contributed by atoms with Crippen LogP contribution in [0.25, 0.3) is 0 Å². The van der Waals surface area contributed by atoms with Crippen molar-refractivity contribution in [2.75, 3.05) is 0 Å². The molecule has 0 fully saturated rings. The summed E-state index contributed by atoms with van der Waals surface area (Å²) in [5, 5.41) is 1.67. The summed E-state index contributed by atoms with van der Waals surface area (Å²) in [6.45, 7) is 16.3. The van der Waals surface area contributed by atoms with E-state index in [1.54, 1.807) is 0 Å². The zero-order chi connectivity index (χ0) is 17.9. The molecule has 3 atom stereocenters. The van der Waals surface area contributed by atoms with E-state index in [2.05, 4.69) is 34.7 Å². The third-order valence-corrected chi connectivity index (χ3v) is 4.76. The Morgan fingerprint density at radius 3 is 1.12 bits per heavy atom. The normalized spacial score (nSPS) is 14.1. The average Bonchev–Trinajstić information content (AvgIpc) is 2.47. The number of nitrogens with zero attached hydrogens (tertiary/aromatic N) is 3. The van der Waals surface area contributed by atoms with Crippen molar-refractivity contribution in [3.63, 3.8) is 0 Å². The van der Waals surface area contributed by atoms with Crippen molar-refractivity contribution in [3.05, 3.63) is 38.5 Å². The van der Waals surface area contributed by atoms with Gasteiger partial charge in [-0.25, -0.2) is 0 Å². The molecule has 0 amide bonds. The molecule has 3 unspecified atom stereocenters. The first-order chi connectivity index (χ1) is 11.5. The molecule has 1 heterocycles. The molecular weight excluding hydrogens is 366 g/mol. The Hall–Kier alpha value is -1.32. The lowest BCUT2D eigenvalue weighted by molar-refractivity contribution is 0.238. The molecular formula is C15H21N3O3S3. The molecule has 1 aromatic heterocycles. The summed E-state index contributed by atoms with van der Waals surface area (Å²) in [5.41, 5.74) is -0.488. The van der Waals surface area contributed by atoms with Gasteiger partial charge in [0.1, 0.15) is 16.3 Å². The zero-order valence-corrected chi connectivity index (χ0v) is 16.3. The van der Waals surface area contributed by atoms with Gasteiger partial charge in [-0.1, -0.05) is 19.7 Å². The van der Waals surface area contributed by atoms with Gasteiger partial charge < -0.3 is 14.2 Å². The molecule has 0 aliphatic rings. The quantitative estimate of drug-likeness (QED) is 0.289. The Kier molecular flexibility index (Phi) is 9.73. The second kappa shape index (κ2) is 11.3. The first kappa shape index (κ1) is 20.7. The summed E-state index contributed by atoms with van der Waals surface area (Å²) < 4.78 is 15.9. The summed E-state index contributed by atoms with van der Waals surface area (Å²) >= 11 is 4.12. The minimum atomic E-state index is -0.163. The smallest absolute Gasteiger partial charge is 0.196 e. The van der Waals surface area contributed by atoms with E-state index in [9.17, 15) is 0 Å². The van der Waals surface area contributed by atoms with E-state index in [0.717, 1.165) is 0 Å². The lowest BCUT2D eigenvalue weighted by atomic mass is 10.8. The molecule has 0 aliphatic heterocycles. The van der Waals surface area contributed by atoms with E-state index in [1.807, 2.05) is 20.8 Å². The number of thioether (sulfide) groups is 3. The number of aromatic nitrogens is 3. The van der Waals surface area contributed by atoms with Gasteiger partial charge in [0.15, 0.2) is 15.5 Å². The van der Waals surface area contributed by atoms with Crippen LogP contribution in [0.3, 0.4) is 0 Å². The van der Waals surface area contributed by atoms with Gasteiger partial charge in [-0.05, 0) is 56.1 Å². The molecule has 1 rings (SSSR count). The predicted molar refractivity (Wildman–Crippen MR) is 99.6 cm³/mol. The minimum absolute atomic E-state index is 0.163. The molecule has 0 bridgehead atoms. The number of ether oxygens (including phenoxy) is 3. The van der Waals surface area contributed by atoms with Gasteiger partial charge in [0.05, 0.1) is 18.8 Å². The molecule has 0 saturated heterocycles. The third-order valence-electron chi connectivity index (χ3n) is 2.25. The Labute approximate surface area is 155 Å². The first-order valence-corrected chi connectivity index (χ1v) is 9.67. The van der Waals surface area contributed by atoms with Crippen LogP contribution in [0, 0.1) is 0 Å². The summed E-state index contributed by atoms with van der Waals surface area (Å²) in [7, 11) is 0. The Morgan fingerprint density at radius 2 is 0.917 bits per heavy atom. The van der Waals surface area contributed by atoms with Gasteiger partial charge in [0.2, 0.25) is 0 Å². The molecule has 0 N–H and O–H groups in total. The van der Waals surface area contributed by atoms with Crippen LogP contribution in [0.15, 0.2) is 54.0 Å². The molecule has 0 spiro atoms. The van der Waals surface area contributed by atoms with Crippen molar-refractivity contribution in [2.45, 2.75) is 52.5 Å². The largest absolute Gasteiger partial charge is 0.488 e. The molecule has 9 heteroatoms. The van der Waals surface area contributed by atoms with E-state index < -0.39 is 0 Å². The molecule has 0 radical (unpaired) electrons. The maximum atomic E-state index is 5.30. The summed E-state index contributed by atoms with van der Waals surface area (Å²) in [4.78, 5) is 13.3. The predicted octanol–water partition coefficient (Wildman–Crippen LogP) is 4.67. The van der Waals surface area contributed by atoms with Crippen molar-refractivity contribution >= 4 is 35.3 Å². The van der Waals surface area contributed by atoms with E-state index in [-0.39, 0.29) is 16.3 Å². The molecule has 132 valence electrons. The van der Waals surface area contributed by atoms with Crippen molar-refractivity contribution in [1.29, 1.82) is 0 Å². The van der Waals surface area contributed by atoms with E-state index in [0.29, 0.717) is 15.5 Å². The van der Waals surface area contributed by atoms with Gasteiger partial charge in [-0.2, -0.15) is 15.0 Å². The van der Waals surface area contributed by atoms with Crippen LogP contribution >= 0.6 is 35.3 Å².